The number of rotatable bonds is 11. The van der Waals surface area contributed by atoms with Gasteiger partial charge in [0, 0.05) is 28.9 Å². The van der Waals surface area contributed by atoms with Crippen molar-refractivity contribution in [2.75, 3.05) is 12.3 Å². The number of nitrogens with zero attached hydrogens (tertiary/aromatic N) is 1. The lowest BCUT2D eigenvalue weighted by molar-refractivity contribution is -0.139. The lowest BCUT2D eigenvalue weighted by Crippen LogP contribution is -2.50. The third kappa shape index (κ3) is 8.34. The van der Waals surface area contributed by atoms with Crippen LogP contribution in [0.15, 0.2) is 42.5 Å². The third-order valence-electron chi connectivity index (χ3n) is 5.04. The molecular weight excluding hydrogens is 463 g/mol. The molecule has 1 unspecified atom stereocenters. The fourth-order valence-electron chi connectivity index (χ4n) is 3.20. The molecule has 1 atom stereocenters. The maximum Gasteiger partial charge on any atom is 0.242 e. The van der Waals surface area contributed by atoms with E-state index < -0.39 is 6.04 Å². The van der Waals surface area contributed by atoms with Crippen molar-refractivity contribution in [2.24, 2.45) is 5.92 Å². The van der Waals surface area contributed by atoms with Gasteiger partial charge in [-0.05, 0) is 42.5 Å². The number of hydrogen-bond donors (Lipinski definition) is 1. The van der Waals surface area contributed by atoms with Gasteiger partial charge in [0.15, 0.2) is 0 Å². The van der Waals surface area contributed by atoms with Gasteiger partial charge in [0.25, 0.3) is 0 Å². The Morgan fingerprint density at radius 3 is 2.38 bits per heavy atom. The fourth-order valence-corrected chi connectivity index (χ4v) is 4.54. The van der Waals surface area contributed by atoms with E-state index in [9.17, 15) is 9.59 Å². The molecule has 2 amide bonds. The number of thioether (sulfide) groups is 1. The van der Waals surface area contributed by atoms with Gasteiger partial charge < -0.3 is 10.2 Å². The number of carbonyl (C=O) groups is 2. The van der Waals surface area contributed by atoms with Crippen molar-refractivity contribution in [3.8, 4) is 0 Å². The van der Waals surface area contributed by atoms with Crippen molar-refractivity contribution in [3.05, 3.63) is 69.2 Å². The number of halogens is 2. The quantitative estimate of drug-likeness (QED) is 0.409. The number of nitrogens with one attached hydrogen (secondary N) is 1. The van der Waals surface area contributed by atoms with Crippen LogP contribution in [0.3, 0.4) is 0 Å². The maximum absolute atomic E-state index is 13.3. The van der Waals surface area contributed by atoms with Crippen LogP contribution < -0.4 is 5.32 Å². The van der Waals surface area contributed by atoms with Crippen molar-refractivity contribution >= 4 is 46.8 Å². The molecular formula is C25H32Cl2N2O2S. The average molecular weight is 496 g/mol. The molecule has 0 saturated carbocycles. The Bertz CT molecular complexity index is 903. The Kier molecular flexibility index (Phi) is 10.9. The third-order valence-corrected chi connectivity index (χ3v) is 6.62. The van der Waals surface area contributed by atoms with Crippen molar-refractivity contribution in [1.82, 2.24) is 10.2 Å². The Hall–Kier alpha value is -1.69. The molecule has 0 spiro atoms. The molecule has 1 N–H and O–H groups in total. The van der Waals surface area contributed by atoms with E-state index in [4.69, 9.17) is 23.2 Å². The number of benzene rings is 2. The largest absolute Gasteiger partial charge is 0.354 e. The highest BCUT2D eigenvalue weighted by molar-refractivity contribution is 7.99. The van der Waals surface area contributed by atoms with Gasteiger partial charge in [-0.1, -0.05) is 79.9 Å². The van der Waals surface area contributed by atoms with Gasteiger partial charge in [-0.15, -0.1) is 11.8 Å². The second-order valence-electron chi connectivity index (χ2n) is 8.30. The topological polar surface area (TPSA) is 49.4 Å². The number of amides is 2. The van der Waals surface area contributed by atoms with Gasteiger partial charge in [-0.3, -0.25) is 9.59 Å². The Balaban J connectivity index is 2.15. The molecule has 2 aromatic carbocycles. The smallest absolute Gasteiger partial charge is 0.242 e. The number of hydrogen-bond acceptors (Lipinski definition) is 3. The lowest BCUT2D eigenvalue weighted by Gasteiger charge is -2.31. The average Bonchev–Trinajstić information content (AvgIpc) is 2.74. The summed E-state index contributed by atoms with van der Waals surface area (Å²) < 4.78 is 0. The monoisotopic (exact) mass is 494 g/mol. The maximum atomic E-state index is 13.3. The summed E-state index contributed by atoms with van der Waals surface area (Å²) in [5, 5.41) is 3.99. The van der Waals surface area contributed by atoms with Crippen molar-refractivity contribution in [3.63, 3.8) is 0 Å². The molecule has 7 heteroatoms. The number of aryl methyl sites for hydroxylation is 1. The lowest BCUT2D eigenvalue weighted by atomic mass is 10.1. The summed E-state index contributed by atoms with van der Waals surface area (Å²) in [4.78, 5) is 27.8. The van der Waals surface area contributed by atoms with Crippen LogP contribution in [0.4, 0.5) is 0 Å². The van der Waals surface area contributed by atoms with E-state index in [1.54, 1.807) is 28.8 Å². The van der Waals surface area contributed by atoms with Gasteiger partial charge >= 0.3 is 0 Å². The van der Waals surface area contributed by atoms with Crippen molar-refractivity contribution in [2.45, 2.75) is 52.5 Å². The zero-order valence-electron chi connectivity index (χ0n) is 19.2. The molecule has 0 fully saturated rings. The summed E-state index contributed by atoms with van der Waals surface area (Å²) in [5.74, 6) is 1.13. The minimum absolute atomic E-state index is 0.0836. The van der Waals surface area contributed by atoms with Crippen molar-refractivity contribution in [1.29, 1.82) is 0 Å². The molecule has 2 aromatic rings. The van der Waals surface area contributed by atoms with Crippen LogP contribution in [-0.2, 0) is 21.9 Å². The van der Waals surface area contributed by atoms with E-state index in [0.717, 1.165) is 11.3 Å². The first-order chi connectivity index (χ1) is 15.2. The fraction of sp³-hybridized carbons (Fsp3) is 0.440. The Labute approximate surface area is 206 Å². The first-order valence-electron chi connectivity index (χ1n) is 10.9. The molecule has 0 aliphatic rings. The molecule has 0 aromatic heterocycles. The summed E-state index contributed by atoms with van der Waals surface area (Å²) >= 11 is 14.0. The predicted molar refractivity (Wildman–Crippen MR) is 136 cm³/mol. The van der Waals surface area contributed by atoms with Crippen LogP contribution in [0.1, 0.15) is 43.9 Å². The van der Waals surface area contributed by atoms with Gasteiger partial charge in [-0.25, -0.2) is 0 Å². The molecule has 0 saturated heterocycles. The first-order valence-corrected chi connectivity index (χ1v) is 12.8. The zero-order chi connectivity index (χ0) is 23.7. The van der Waals surface area contributed by atoms with E-state index in [1.807, 2.05) is 26.8 Å². The van der Waals surface area contributed by atoms with Gasteiger partial charge in [0.05, 0.1) is 5.75 Å². The van der Waals surface area contributed by atoms with Crippen LogP contribution in [-0.4, -0.2) is 35.1 Å². The molecule has 0 aliphatic heterocycles. The molecule has 0 bridgehead atoms. The summed E-state index contributed by atoms with van der Waals surface area (Å²) in [6, 6.07) is 12.9. The van der Waals surface area contributed by atoms with Crippen LogP contribution in [0, 0.1) is 12.8 Å². The molecule has 32 heavy (non-hydrogen) atoms. The highest BCUT2D eigenvalue weighted by atomic mass is 35.5. The molecule has 0 heterocycles. The minimum Gasteiger partial charge on any atom is -0.354 e. The summed E-state index contributed by atoms with van der Waals surface area (Å²) in [5.41, 5.74) is 3.14. The second-order valence-corrected chi connectivity index (χ2v) is 10.1. The highest BCUT2D eigenvalue weighted by Crippen LogP contribution is 2.24. The predicted octanol–water partition coefficient (Wildman–Crippen LogP) is 6.11. The second kappa shape index (κ2) is 13.1. The van der Waals surface area contributed by atoms with Crippen LogP contribution in [0.25, 0.3) is 0 Å². The van der Waals surface area contributed by atoms with E-state index in [2.05, 4.69) is 36.5 Å². The van der Waals surface area contributed by atoms with Crippen LogP contribution in [0.5, 0.6) is 0 Å². The molecule has 4 nitrogen and oxygen atoms in total. The van der Waals surface area contributed by atoms with Crippen LogP contribution >= 0.6 is 35.0 Å². The van der Waals surface area contributed by atoms with E-state index in [0.29, 0.717) is 28.9 Å². The first kappa shape index (κ1) is 26.6. The summed E-state index contributed by atoms with van der Waals surface area (Å²) in [6.45, 7) is 8.88. The van der Waals surface area contributed by atoms with E-state index >= 15 is 0 Å². The molecule has 174 valence electrons. The summed E-state index contributed by atoms with van der Waals surface area (Å²) in [6.07, 6.45) is 0.517. The zero-order valence-corrected chi connectivity index (χ0v) is 21.5. The Morgan fingerprint density at radius 2 is 1.78 bits per heavy atom. The van der Waals surface area contributed by atoms with Gasteiger partial charge in [0.2, 0.25) is 11.8 Å². The van der Waals surface area contributed by atoms with Crippen molar-refractivity contribution < 1.29 is 9.59 Å². The van der Waals surface area contributed by atoms with E-state index in [1.165, 1.54) is 11.1 Å². The molecule has 0 aliphatic carbocycles. The Morgan fingerprint density at radius 1 is 1.09 bits per heavy atom. The number of carbonyl (C=O) groups excluding carboxylic acids is 2. The van der Waals surface area contributed by atoms with Gasteiger partial charge in [-0.2, -0.15) is 0 Å². The minimum atomic E-state index is -0.562. The van der Waals surface area contributed by atoms with Crippen LogP contribution in [0.2, 0.25) is 10.0 Å². The van der Waals surface area contributed by atoms with E-state index in [-0.39, 0.29) is 24.1 Å². The standard InChI is InChI=1S/C25H32Cl2N2O2S/c1-5-23(25(31)28-13-17(2)3)29(14-20-10-11-21(26)12-22(20)27)24(30)16-32-15-19-8-6-18(4)7-9-19/h6-12,17,23H,5,13-16H2,1-4H3,(H,28,31). The SMILES string of the molecule is CCC(C(=O)NCC(C)C)N(Cc1ccc(Cl)cc1Cl)C(=O)CSCc1ccc(C)cc1. The molecule has 2 rings (SSSR count). The molecule has 0 radical (unpaired) electrons. The highest BCUT2D eigenvalue weighted by Gasteiger charge is 2.29. The summed E-state index contributed by atoms with van der Waals surface area (Å²) in [7, 11) is 0. The normalized spacial score (nSPS) is 12.0. The van der Waals surface area contributed by atoms with Gasteiger partial charge in [0.1, 0.15) is 6.04 Å².